The summed E-state index contributed by atoms with van der Waals surface area (Å²) < 4.78 is 5.79. The van der Waals surface area contributed by atoms with Crippen LogP contribution < -0.4 is 16.4 Å². The van der Waals surface area contributed by atoms with E-state index in [-0.39, 0.29) is 17.4 Å². The minimum absolute atomic E-state index is 0.0701. The van der Waals surface area contributed by atoms with Crippen molar-refractivity contribution in [1.82, 2.24) is 0 Å². The van der Waals surface area contributed by atoms with Gasteiger partial charge in [-0.15, -0.1) is 0 Å². The van der Waals surface area contributed by atoms with E-state index in [0.717, 1.165) is 0 Å². The maximum absolute atomic E-state index is 12.8. The molecule has 8 nitrogen and oxygen atoms in total. The number of carbonyl (C=O) groups is 3. The molecule has 1 atom stereocenters. The van der Waals surface area contributed by atoms with Crippen molar-refractivity contribution in [3.05, 3.63) is 96.1 Å². The van der Waals surface area contributed by atoms with Crippen LogP contribution in [0.1, 0.15) is 42.8 Å². The second kappa shape index (κ2) is 11.2. The lowest BCUT2D eigenvalue weighted by molar-refractivity contribution is -0.112. The van der Waals surface area contributed by atoms with Crippen LogP contribution in [-0.2, 0) is 9.53 Å². The first-order chi connectivity index (χ1) is 17.0. The van der Waals surface area contributed by atoms with E-state index in [2.05, 4.69) is 10.6 Å². The number of rotatable bonds is 8. The quantitative estimate of drug-likeness (QED) is 0.183. The summed E-state index contributed by atoms with van der Waals surface area (Å²) in [5.74, 6) is -0.398. The summed E-state index contributed by atoms with van der Waals surface area (Å²) >= 11 is 0. The first-order valence-corrected chi connectivity index (χ1v) is 11.3. The number of nitrogens with one attached hydrogen (secondary N) is 2. The number of amides is 2. The lowest BCUT2D eigenvalue weighted by atomic mass is 9.82. The molecule has 186 valence electrons. The number of ketones is 1. The summed E-state index contributed by atoms with van der Waals surface area (Å²) in [6.45, 7) is 5.10. The molecule has 3 aromatic rings. The SMILES string of the molecule is CC(=O)c1ccc(NC(=O)O[C@@H](c2ccc(O)cc2)C(C)(C)/C=C/C(=O)Nc2ccccc2N)cc1. The molecule has 3 aromatic carbocycles. The summed E-state index contributed by atoms with van der Waals surface area (Å²) in [5.41, 5.74) is 7.60. The first-order valence-electron chi connectivity index (χ1n) is 11.3. The summed E-state index contributed by atoms with van der Waals surface area (Å²) in [7, 11) is 0. The van der Waals surface area contributed by atoms with Gasteiger partial charge < -0.3 is 20.9 Å². The van der Waals surface area contributed by atoms with Crippen LogP contribution in [0.3, 0.4) is 0 Å². The van der Waals surface area contributed by atoms with E-state index >= 15 is 0 Å². The largest absolute Gasteiger partial charge is 0.508 e. The van der Waals surface area contributed by atoms with Crippen LogP contribution >= 0.6 is 0 Å². The molecule has 5 N–H and O–H groups in total. The zero-order valence-electron chi connectivity index (χ0n) is 20.3. The molecule has 3 rings (SSSR count). The molecule has 0 heterocycles. The predicted octanol–water partition coefficient (Wildman–Crippen LogP) is 5.69. The molecule has 0 radical (unpaired) electrons. The highest BCUT2D eigenvalue weighted by Gasteiger charge is 2.32. The summed E-state index contributed by atoms with van der Waals surface area (Å²) in [5, 5.41) is 15.1. The molecule has 0 aliphatic rings. The molecular formula is C28H29N3O5. The molecule has 0 saturated heterocycles. The molecule has 8 heteroatoms. The van der Waals surface area contributed by atoms with Gasteiger partial charge in [0, 0.05) is 16.7 Å². The fourth-order valence-electron chi connectivity index (χ4n) is 3.50. The smallest absolute Gasteiger partial charge is 0.412 e. The Hall–Kier alpha value is -4.59. The Bertz CT molecular complexity index is 1270. The van der Waals surface area contributed by atoms with E-state index in [1.54, 1.807) is 66.7 Å². The number of hydrogen-bond acceptors (Lipinski definition) is 6. The second-order valence-electron chi connectivity index (χ2n) is 8.87. The van der Waals surface area contributed by atoms with Gasteiger partial charge in [0.25, 0.3) is 0 Å². The Labute approximate surface area is 209 Å². The minimum Gasteiger partial charge on any atom is -0.508 e. The van der Waals surface area contributed by atoms with E-state index in [1.165, 1.54) is 25.1 Å². The number of nitrogen functional groups attached to an aromatic ring is 1. The fourth-order valence-corrected chi connectivity index (χ4v) is 3.50. The summed E-state index contributed by atoms with van der Waals surface area (Å²) in [6.07, 6.45) is 1.49. The Balaban J connectivity index is 1.78. The highest BCUT2D eigenvalue weighted by molar-refractivity contribution is 6.01. The number of aromatic hydroxyl groups is 1. The van der Waals surface area contributed by atoms with Gasteiger partial charge in [-0.05, 0) is 67.1 Å². The maximum atomic E-state index is 12.8. The number of benzene rings is 3. The average molecular weight is 488 g/mol. The fraction of sp³-hybridized carbons (Fsp3) is 0.179. The van der Waals surface area contributed by atoms with Crippen molar-refractivity contribution in [2.24, 2.45) is 5.41 Å². The van der Waals surface area contributed by atoms with Crippen LogP contribution in [0.4, 0.5) is 21.9 Å². The molecule has 36 heavy (non-hydrogen) atoms. The van der Waals surface area contributed by atoms with Crippen LogP contribution in [0, 0.1) is 5.41 Å². The van der Waals surface area contributed by atoms with E-state index in [0.29, 0.717) is 28.2 Å². The van der Waals surface area contributed by atoms with Crippen LogP contribution in [-0.4, -0.2) is 22.9 Å². The topological polar surface area (TPSA) is 131 Å². The lowest BCUT2D eigenvalue weighted by Crippen LogP contribution is -2.28. The van der Waals surface area contributed by atoms with Crippen LogP contribution in [0.2, 0.25) is 0 Å². The molecule has 0 aliphatic heterocycles. The normalized spacial score (nSPS) is 12.1. The third kappa shape index (κ3) is 6.96. The zero-order valence-corrected chi connectivity index (χ0v) is 20.3. The highest BCUT2D eigenvalue weighted by atomic mass is 16.6. The number of para-hydroxylation sites is 2. The van der Waals surface area contributed by atoms with Crippen molar-refractivity contribution in [1.29, 1.82) is 0 Å². The number of ether oxygens (including phenoxy) is 1. The molecule has 0 saturated carbocycles. The Morgan fingerprint density at radius 3 is 2.19 bits per heavy atom. The predicted molar refractivity (Wildman–Crippen MR) is 140 cm³/mol. The van der Waals surface area contributed by atoms with Gasteiger partial charge in [-0.1, -0.05) is 44.2 Å². The molecule has 0 aromatic heterocycles. The Morgan fingerprint density at radius 1 is 0.944 bits per heavy atom. The maximum Gasteiger partial charge on any atom is 0.412 e. The Morgan fingerprint density at radius 2 is 1.58 bits per heavy atom. The number of phenolic OH excluding ortho intramolecular Hbond substituents is 1. The highest BCUT2D eigenvalue weighted by Crippen LogP contribution is 2.39. The molecule has 0 bridgehead atoms. The molecular weight excluding hydrogens is 458 g/mol. The van der Waals surface area contributed by atoms with Crippen LogP contribution in [0.25, 0.3) is 0 Å². The number of phenols is 1. The van der Waals surface area contributed by atoms with Crippen molar-refractivity contribution in [3.8, 4) is 5.75 Å². The minimum atomic E-state index is -0.827. The Kier molecular flexibility index (Phi) is 8.11. The molecule has 0 unspecified atom stereocenters. The third-order valence-corrected chi connectivity index (χ3v) is 5.52. The van der Waals surface area contributed by atoms with Crippen molar-refractivity contribution >= 4 is 34.8 Å². The third-order valence-electron chi connectivity index (χ3n) is 5.52. The van der Waals surface area contributed by atoms with Gasteiger partial charge in [-0.3, -0.25) is 14.9 Å². The van der Waals surface area contributed by atoms with Crippen LogP contribution in [0.5, 0.6) is 5.75 Å². The number of Topliss-reactive ketones (excluding diaryl/α,β-unsaturated/α-hetero) is 1. The average Bonchev–Trinajstić information content (AvgIpc) is 2.84. The zero-order chi connectivity index (χ0) is 26.3. The molecule has 2 amide bonds. The van der Waals surface area contributed by atoms with E-state index in [1.807, 2.05) is 13.8 Å². The molecule has 0 fully saturated rings. The van der Waals surface area contributed by atoms with Gasteiger partial charge in [-0.25, -0.2) is 4.79 Å². The van der Waals surface area contributed by atoms with Crippen molar-refractivity contribution in [2.45, 2.75) is 26.9 Å². The lowest BCUT2D eigenvalue weighted by Gasteiger charge is -2.31. The van der Waals surface area contributed by atoms with Gasteiger partial charge >= 0.3 is 6.09 Å². The summed E-state index contributed by atoms with van der Waals surface area (Å²) in [6, 6.07) is 19.6. The monoisotopic (exact) mass is 487 g/mol. The van der Waals surface area contributed by atoms with Crippen molar-refractivity contribution in [2.75, 3.05) is 16.4 Å². The number of anilines is 3. The molecule has 0 spiro atoms. The standard InChI is InChI=1S/C28H29N3O5/c1-18(32)19-8-12-21(13-9-19)30-27(35)36-26(20-10-14-22(33)15-11-20)28(2,3)17-16-25(34)31-24-7-5-4-6-23(24)29/h4-17,26,33H,29H2,1-3H3,(H,30,35)(H,31,34)/b17-16+/t26-/m0/s1. The molecule has 0 aliphatic carbocycles. The van der Waals surface area contributed by atoms with Crippen LogP contribution in [0.15, 0.2) is 84.9 Å². The van der Waals surface area contributed by atoms with E-state index < -0.39 is 17.6 Å². The van der Waals surface area contributed by atoms with E-state index in [4.69, 9.17) is 10.5 Å². The van der Waals surface area contributed by atoms with Crippen molar-refractivity contribution < 1.29 is 24.2 Å². The number of carbonyl (C=O) groups excluding carboxylic acids is 3. The number of hydrogen-bond donors (Lipinski definition) is 4. The van der Waals surface area contributed by atoms with Gasteiger partial charge in [0.05, 0.1) is 11.4 Å². The number of nitrogens with two attached hydrogens (primary N) is 1. The van der Waals surface area contributed by atoms with Gasteiger partial charge in [-0.2, -0.15) is 0 Å². The van der Waals surface area contributed by atoms with Gasteiger partial charge in [0.2, 0.25) is 5.91 Å². The van der Waals surface area contributed by atoms with Gasteiger partial charge in [0.15, 0.2) is 5.78 Å². The van der Waals surface area contributed by atoms with E-state index in [9.17, 15) is 19.5 Å². The van der Waals surface area contributed by atoms with Crippen molar-refractivity contribution in [3.63, 3.8) is 0 Å². The second-order valence-corrected chi connectivity index (χ2v) is 8.87. The van der Waals surface area contributed by atoms with Gasteiger partial charge in [0.1, 0.15) is 11.9 Å². The first kappa shape index (κ1) is 26.0. The summed E-state index contributed by atoms with van der Waals surface area (Å²) in [4.78, 5) is 36.8.